The van der Waals surface area contributed by atoms with Gasteiger partial charge in [0.25, 0.3) is 5.91 Å². The smallest absolute Gasteiger partial charge is 0.338 e. The first-order chi connectivity index (χ1) is 6.90. The third-order valence-corrected chi connectivity index (χ3v) is 1.58. The van der Waals surface area contributed by atoms with Gasteiger partial charge in [0.15, 0.2) is 0 Å². The molecule has 0 aromatic carbocycles. The molecule has 4 nitrogen and oxygen atoms in total. The highest BCUT2D eigenvalue weighted by molar-refractivity contribution is 6.08. The fourth-order valence-corrected chi connectivity index (χ4v) is 0.828. The molecule has 0 aliphatic heterocycles. The van der Waals surface area contributed by atoms with Crippen LogP contribution in [0.5, 0.6) is 0 Å². The Kier molecular flexibility index (Phi) is 5.37. The summed E-state index contributed by atoms with van der Waals surface area (Å²) < 4.78 is 4.70. The van der Waals surface area contributed by atoms with Gasteiger partial charge in [-0.1, -0.05) is 13.2 Å². The highest BCUT2D eigenvalue weighted by Crippen LogP contribution is 2.07. The Morgan fingerprint density at radius 1 is 1.27 bits per heavy atom. The van der Waals surface area contributed by atoms with Gasteiger partial charge in [-0.25, -0.2) is 4.79 Å². The van der Waals surface area contributed by atoms with Gasteiger partial charge in [-0.3, -0.25) is 4.79 Å². The van der Waals surface area contributed by atoms with Crippen molar-refractivity contribution in [3.8, 4) is 0 Å². The molecule has 0 heterocycles. The summed E-state index contributed by atoms with van der Waals surface area (Å²) in [6, 6.07) is -0.00996. The maximum atomic E-state index is 11.4. The normalized spacial score (nSPS) is 9.60. The fraction of sp³-hybridized carbons (Fsp3) is 0.455. The first kappa shape index (κ1) is 13.4. The van der Waals surface area contributed by atoms with Crippen molar-refractivity contribution >= 4 is 11.9 Å². The quantitative estimate of drug-likeness (QED) is 0.422. The standard InChI is InChI=1S/C11H17NO3/c1-6-15-11(14)9(5)8(4)10(13)12-7(2)3/h7H,4-6H2,1-3H3,(H,12,13). The van der Waals surface area contributed by atoms with Gasteiger partial charge in [0.2, 0.25) is 0 Å². The van der Waals surface area contributed by atoms with E-state index >= 15 is 0 Å². The molecular weight excluding hydrogens is 194 g/mol. The summed E-state index contributed by atoms with van der Waals surface area (Å²) >= 11 is 0. The van der Waals surface area contributed by atoms with Crippen LogP contribution in [0.25, 0.3) is 0 Å². The van der Waals surface area contributed by atoms with E-state index in [4.69, 9.17) is 4.74 Å². The van der Waals surface area contributed by atoms with Crippen molar-refractivity contribution in [2.45, 2.75) is 26.8 Å². The highest BCUT2D eigenvalue weighted by Gasteiger charge is 2.17. The van der Waals surface area contributed by atoms with Crippen molar-refractivity contribution in [2.24, 2.45) is 0 Å². The van der Waals surface area contributed by atoms with E-state index in [0.717, 1.165) is 0 Å². The van der Waals surface area contributed by atoms with Gasteiger partial charge in [-0.15, -0.1) is 0 Å². The summed E-state index contributed by atoms with van der Waals surface area (Å²) in [5, 5.41) is 2.61. The van der Waals surface area contributed by atoms with E-state index in [-0.39, 0.29) is 23.8 Å². The average Bonchev–Trinajstić information content (AvgIpc) is 2.14. The van der Waals surface area contributed by atoms with Crippen LogP contribution in [-0.2, 0) is 14.3 Å². The second kappa shape index (κ2) is 6.01. The zero-order valence-corrected chi connectivity index (χ0v) is 9.42. The minimum Gasteiger partial charge on any atom is -0.462 e. The number of carbonyl (C=O) groups excluding carboxylic acids is 2. The maximum absolute atomic E-state index is 11.4. The second-order valence-electron chi connectivity index (χ2n) is 3.31. The molecule has 0 aromatic heterocycles. The SMILES string of the molecule is C=C(C(=C)C(=O)OCC)C(=O)NC(C)C. The van der Waals surface area contributed by atoms with Crippen LogP contribution in [-0.4, -0.2) is 24.5 Å². The Hall–Kier alpha value is -1.58. The molecule has 15 heavy (non-hydrogen) atoms. The largest absolute Gasteiger partial charge is 0.462 e. The summed E-state index contributed by atoms with van der Waals surface area (Å²) in [5.74, 6) is -1.01. The Morgan fingerprint density at radius 3 is 2.20 bits per heavy atom. The minimum atomic E-state index is -0.610. The number of hydrogen-bond donors (Lipinski definition) is 1. The number of ether oxygens (including phenoxy) is 1. The van der Waals surface area contributed by atoms with Gasteiger partial charge in [-0.2, -0.15) is 0 Å². The predicted octanol–water partition coefficient (Wildman–Crippen LogP) is 1.19. The predicted molar refractivity (Wildman–Crippen MR) is 58.2 cm³/mol. The monoisotopic (exact) mass is 211 g/mol. The lowest BCUT2D eigenvalue weighted by atomic mass is 10.1. The van der Waals surface area contributed by atoms with E-state index in [2.05, 4.69) is 18.5 Å². The first-order valence-electron chi connectivity index (χ1n) is 4.76. The molecule has 1 N–H and O–H groups in total. The summed E-state index contributed by atoms with van der Waals surface area (Å²) in [6.45, 7) is 12.5. The van der Waals surface area contributed by atoms with Crippen molar-refractivity contribution in [1.82, 2.24) is 5.32 Å². The van der Waals surface area contributed by atoms with Crippen LogP contribution in [0.4, 0.5) is 0 Å². The molecule has 84 valence electrons. The topological polar surface area (TPSA) is 55.4 Å². The Bertz CT molecular complexity index is 292. The maximum Gasteiger partial charge on any atom is 0.338 e. The second-order valence-corrected chi connectivity index (χ2v) is 3.31. The van der Waals surface area contributed by atoms with Crippen molar-refractivity contribution in [3.05, 3.63) is 24.3 Å². The molecule has 0 spiro atoms. The molecular formula is C11H17NO3. The first-order valence-corrected chi connectivity index (χ1v) is 4.76. The van der Waals surface area contributed by atoms with Crippen molar-refractivity contribution in [1.29, 1.82) is 0 Å². The molecule has 0 fully saturated rings. The van der Waals surface area contributed by atoms with Crippen LogP contribution in [0, 0.1) is 0 Å². The molecule has 0 saturated carbocycles. The van der Waals surface area contributed by atoms with Gasteiger partial charge >= 0.3 is 5.97 Å². The lowest BCUT2D eigenvalue weighted by Crippen LogP contribution is -2.32. The molecule has 0 aliphatic carbocycles. The van der Waals surface area contributed by atoms with Gasteiger partial charge in [0, 0.05) is 11.6 Å². The van der Waals surface area contributed by atoms with E-state index < -0.39 is 11.9 Å². The number of amides is 1. The Balaban J connectivity index is 4.38. The number of esters is 1. The van der Waals surface area contributed by atoms with Gasteiger partial charge in [0.05, 0.1) is 12.2 Å². The fourth-order valence-electron chi connectivity index (χ4n) is 0.828. The molecule has 0 aromatic rings. The minimum absolute atomic E-state index is 0.00463. The molecule has 0 unspecified atom stereocenters. The zero-order chi connectivity index (χ0) is 12.0. The van der Waals surface area contributed by atoms with E-state index in [1.54, 1.807) is 6.92 Å². The van der Waals surface area contributed by atoms with Crippen LogP contribution >= 0.6 is 0 Å². The number of carbonyl (C=O) groups is 2. The zero-order valence-electron chi connectivity index (χ0n) is 9.42. The molecule has 0 aliphatic rings. The molecule has 0 saturated heterocycles. The number of rotatable bonds is 5. The lowest BCUT2D eigenvalue weighted by molar-refractivity contribution is -0.138. The summed E-state index contributed by atoms with van der Waals surface area (Å²) in [7, 11) is 0. The third-order valence-electron chi connectivity index (χ3n) is 1.58. The molecule has 0 atom stereocenters. The van der Waals surface area contributed by atoms with E-state index in [0.29, 0.717) is 0 Å². The summed E-state index contributed by atoms with van der Waals surface area (Å²) in [6.07, 6.45) is 0. The van der Waals surface area contributed by atoms with Crippen molar-refractivity contribution in [3.63, 3.8) is 0 Å². The summed E-state index contributed by atoms with van der Waals surface area (Å²) in [4.78, 5) is 22.6. The third kappa shape index (κ3) is 4.44. The van der Waals surface area contributed by atoms with Crippen LogP contribution in [0.2, 0.25) is 0 Å². The molecule has 0 bridgehead atoms. The summed E-state index contributed by atoms with van der Waals surface area (Å²) in [5.41, 5.74) is 0.0390. The van der Waals surface area contributed by atoms with Gasteiger partial charge in [0.1, 0.15) is 0 Å². The molecule has 4 heteroatoms. The number of hydrogen-bond acceptors (Lipinski definition) is 3. The van der Waals surface area contributed by atoms with E-state index in [9.17, 15) is 9.59 Å². The number of nitrogens with one attached hydrogen (secondary N) is 1. The van der Waals surface area contributed by atoms with Gasteiger partial charge < -0.3 is 10.1 Å². The molecule has 0 radical (unpaired) electrons. The van der Waals surface area contributed by atoms with Crippen LogP contribution in [0.1, 0.15) is 20.8 Å². The molecule has 0 rings (SSSR count). The van der Waals surface area contributed by atoms with E-state index in [1.165, 1.54) is 0 Å². The molecule has 1 amide bonds. The van der Waals surface area contributed by atoms with Crippen LogP contribution < -0.4 is 5.32 Å². The lowest BCUT2D eigenvalue weighted by Gasteiger charge is -2.11. The van der Waals surface area contributed by atoms with Crippen LogP contribution in [0.15, 0.2) is 24.3 Å². The van der Waals surface area contributed by atoms with Crippen molar-refractivity contribution in [2.75, 3.05) is 6.61 Å². The van der Waals surface area contributed by atoms with Crippen molar-refractivity contribution < 1.29 is 14.3 Å². The van der Waals surface area contributed by atoms with Crippen LogP contribution in [0.3, 0.4) is 0 Å². The Morgan fingerprint density at radius 2 is 1.80 bits per heavy atom. The van der Waals surface area contributed by atoms with E-state index in [1.807, 2.05) is 13.8 Å². The average molecular weight is 211 g/mol. The van der Waals surface area contributed by atoms with Gasteiger partial charge in [-0.05, 0) is 20.8 Å². The highest BCUT2D eigenvalue weighted by atomic mass is 16.5. The Labute approximate surface area is 90.0 Å².